The van der Waals surface area contributed by atoms with Crippen molar-refractivity contribution >= 4 is 22.1 Å². The largest absolute Gasteiger partial charge is 0.310 e. The lowest BCUT2D eigenvalue weighted by molar-refractivity contribution is 0.672. The Morgan fingerprint density at radius 2 is 2.32 bits per heavy atom. The molecule has 0 saturated heterocycles. The number of hydrogen-bond donors (Lipinski definition) is 1. The molecular weight excluding hydrogens is 278 g/mol. The smallest absolute Gasteiger partial charge is 0.142 e. The lowest BCUT2D eigenvalue weighted by Gasteiger charge is -2.01. The second-order valence-electron chi connectivity index (χ2n) is 3.97. The molecule has 19 heavy (non-hydrogen) atoms. The second-order valence-corrected chi connectivity index (χ2v) is 6.69. The first-order chi connectivity index (χ1) is 9.29. The molecule has 2 rings (SSSR count). The summed E-state index contributed by atoms with van der Waals surface area (Å²) < 4.78 is 11.3. The van der Waals surface area contributed by atoms with Crippen LogP contribution < -0.4 is 5.32 Å². The summed E-state index contributed by atoms with van der Waals surface area (Å²) >= 11 is 1.60. The van der Waals surface area contributed by atoms with Gasteiger partial charge in [-0.25, -0.2) is 4.98 Å². The van der Waals surface area contributed by atoms with Gasteiger partial charge >= 0.3 is 0 Å². The van der Waals surface area contributed by atoms with Crippen LogP contribution in [0.2, 0.25) is 0 Å². The van der Waals surface area contributed by atoms with Gasteiger partial charge in [0.25, 0.3) is 0 Å². The number of pyridine rings is 1. The number of nitrogens with one attached hydrogen (secondary N) is 1. The third kappa shape index (κ3) is 4.49. The molecule has 2 aromatic heterocycles. The lowest BCUT2D eigenvalue weighted by atomic mass is 10.4. The molecular formula is C13H17N3OS2. The maximum absolute atomic E-state index is 11.3. The molecule has 6 heteroatoms. The van der Waals surface area contributed by atoms with Gasteiger partial charge in [-0.2, -0.15) is 0 Å². The first-order valence-electron chi connectivity index (χ1n) is 6.21. The summed E-state index contributed by atoms with van der Waals surface area (Å²) in [6.07, 6.45) is 1.77. The standard InChI is InChI=1S/C13H17N3OS2/c1-2-19(17)8-7-14-9-11-10-18-13(16-11)12-5-3-4-6-15-12/h3-6,10,14H,2,7-9H2,1H3. The van der Waals surface area contributed by atoms with Gasteiger partial charge in [0.05, 0.1) is 11.4 Å². The highest BCUT2D eigenvalue weighted by Gasteiger charge is 2.05. The van der Waals surface area contributed by atoms with Crippen molar-refractivity contribution in [3.8, 4) is 10.7 Å². The number of aromatic nitrogens is 2. The predicted molar refractivity (Wildman–Crippen MR) is 80.6 cm³/mol. The molecule has 0 aliphatic carbocycles. The molecule has 0 radical (unpaired) electrons. The Balaban J connectivity index is 1.83. The van der Waals surface area contributed by atoms with Gasteiger partial charge < -0.3 is 5.32 Å². The molecule has 0 aromatic carbocycles. The normalized spacial score (nSPS) is 12.5. The van der Waals surface area contributed by atoms with E-state index in [0.717, 1.165) is 28.7 Å². The fourth-order valence-electron chi connectivity index (χ4n) is 1.54. The van der Waals surface area contributed by atoms with Gasteiger partial charge in [0.1, 0.15) is 5.01 Å². The van der Waals surface area contributed by atoms with E-state index in [-0.39, 0.29) is 0 Å². The number of rotatable bonds is 7. The summed E-state index contributed by atoms with van der Waals surface area (Å²) in [5, 5.41) is 6.24. The average molecular weight is 295 g/mol. The van der Waals surface area contributed by atoms with E-state index in [1.54, 1.807) is 17.5 Å². The van der Waals surface area contributed by atoms with Crippen LogP contribution in [0.3, 0.4) is 0 Å². The van der Waals surface area contributed by atoms with Crippen molar-refractivity contribution in [3.63, 3.8) is 0 Å². The monoisotopic (exact) mass is 295 g/mol. The predicted octanol–water partition coefficient (Wildman–Crippen LogP) is 2.06. The molecule has 0 aliphatic heterocycles. The average Bonchev–Trinajstić information content (AvgIpc) is 2.93. The van der Waals surface area contributed by atoms with Gasteiger partial charge in [0, 0.05) is 47.0 Å². The highest BCUT2D eigenvalue weighted by atomic mass is 32.2. The van der Waals surface area contributed by atoms with Gasteiger partial charge in [-0.3, -0.25) is 9.19 Å². The van der Waals surface area contributed by atoms with Crippen LogP contribution >= 0.6 is 11.3 Å². The number of hydrogen-bond acceptors (Lipinski definition) is 5. The molecule has 102 valence electrons. The molecule has 2 heterocycles. The van der Waals surface area contributed by atoms with Crippen LogP contribution in [0.15, 0.2) is 29.8 Å². The van der Waals surface area contributed by atoms with Crippen molar-refractivity contribution in [2.75, 3.05) is 18.1 Å². The van der Waals surface area contributed by atoms with Crippen LogP contribution in [0.4, 0.5) is 0 Å². The molecule has 1 unspecified atom stereocenters. The van der Waals surface area contributed by atoms with Gasteiger partial charge in [0.2, 0.25) is 0 Å². The summed E-state index contributed by atoms with van der Waals surface area (Å²) in [6, 6.07) is 5.82. The lowest BCUT2D eigenvalue weighted by Crippen LogP contribution is -2.20. The zero-order valence-corrected chi connectivity index (χ0v) is 12.5. The highest BCUT2D eigenvalue weighted by Crippen LogP contribution is 2.20. The minimum Gasteiger partial charge on any atom is -0.310 e. The van der Waals surface area contributed by atoms with Crippen LogP contribution in [0.25, 0.3) is 10.7 Å². The summed E-state index contributed by atoms with van der Waals surface area (Å²) in [7, 11) is -0.700. The molecule has 2 aromatic rings. The quantitative estimate of drug-likeness (QED) is 0.795. The van der Waals surface area contributed by atoms with E-state index < -0.39 is 10.8 Å². The Bertz CT molecular complexity index is 528. The van der Waals surface area contributed by atoms with Gasteiger partial charge in [-0.15, -0.1) is 11.3 Å². The molecule has 0 saturated carbocycles. The van der Waals surface area contributed by atoms with Crippen LogP contribution in [-0.4, -0.2) is 32.2 Å². The third-order valence-corrected chi connectivity index (χ3v) is 4.79. The minimum atomic E-state index is -0.700. The number of thiazole rings is 1. The van der Waals surface area contributed by atoms with Crippen molar-refractivity contribution in [1.29, 1.82) is 0 Å². The molecule has 1 atom stereocenters. The molecule has 0 fully saturated rings. The summed E-state index contributed by atoms with van der Waals surface area (Å²) in [5.74, 6) is 1.43. The Kier molecular flexibility index (Phi) is 5.62. The van der Waals surface area contributed by atoms with Crippen molar-refractivity contribution in [3.05, 3.63) is 35.5 Å². The topological polar surface area (TPSA) is 54.9 Å². The number of nitrogens with zero attached hydrogens (tertiary/aromatic N) is 2. The van der Waals surface area contributed by atoms with Crippen molar-refractivity contribution in [2.45, 2.75) is 13.5 Å². The summed E-state index contributed by atoms with van der Waals surface area (Å²) in [6.45, 7) is 3.41. The van der Waals surface area contributed by atoms with Gasteiger partial charge in [-0.1, -0.05) is 13.0 Å². The van der Waals surface area contributed by atoms with Gasteiger partial charge in [-0.05, 0) is 12.1 Å². The molecule has 0 spiro atoms. The third-order valence-electron chi connectivity index (χ3n) is 2.57. The van der Waals surface area contributed by atoms with E-state index in [1.165, 1.54) is 0 Å². The van der Waals surface area contributed by atoms with Crippen molar-refractivity contribution < 1.29 is 4.21 Å². The van der Waals surface area contributed by atoms with E-state index in [1.807, 2.05) is 30.5 Å². The molecule has 4 nitrogen and oxygen atoms in total. The van der Waals surface area contributed by atoms with Crippen molar-refractivity contribution in [2.24, 2.45) is 0 Å². The molecule has 0 amide bonds. The zero-order chi connectivity index (χ0) is 13.5. The Morgan fingerprint density at radius 1 is 1.42 bits per heavy atom. The summed E-state index contributed by atoms with van der Waals surface area (Å²) in [5.41, 5.74) is 1.92. The molecule has 0 bridgehead atoms. The van der Waals surface area contributed by atoms with Crippen LogP contribution in [-0.2, 0) is 17.3 Å². The van der Waals surface area contributed by atoms with Crippen molar-refractivity contribution in [1.82, 2.24) is 15.3 Å². The highest BCUT2D eigenvalue weighted by molar-refractivity contribution is 7.84. The van der Waals surface area contributed by atoms with E-state index in [2.05, 4.69) is 15.3 Å². The maximum atomic E-state index is 11.3. The Labute approximate surface area is 119 Å². The van der Waals surface area contributed by atoms with E-state index in [0.29, 0.717) is 12.3 Å². The Hall–Kier alpha value is -1.11. The molecule has 1 N–H and O–H groups in total. The van der Waals surface area contributed by atoms with E-state index in [9.17, 15) is 4.21 Å². The first kappa shape index (κ1) is 14.3. The fourth-order valence-corrected chi connectivity index (χ4v) is 3.00. The van der Waals surface area contributed by atoms with Crippen LogP contribution in [0.5, 0.6) is 0 Å². The zero-order valence-electron chi connectivity index (χ0n) is 10.8. The van der Waals surface area contributed by atoms with E-state index >= 15 is 0 Å². The minimum absolute atomic E-state index is 0.700. The maximum Gasteiger partial charge on any atom is 0.142 e. The summed E-state index contributed by atoms with van der Waals surface area (Å²) in [4.78, 5) is 8.82. The van der Waals surface area contributed by atoms with Crippen LogP contribution in [0, 0.1) is 0 Å². The Morgan fingerprint density at radius 3 is 3.05 bits per heavy atom. The SMILES string of the molecule is CCS(=O)CCNCc1csc(-c2ccccn2)n1. The van der Waals surface area contributed by atoms with Crippen LogP contribution in [0.1, 0.15) is 12.6 Å². The second kappa shape index (κ2) is 7.47. The fraction of sp³-hybridized carbons (Fsp3) is 0.385. The molecule has 0 aliphatic rings. The van der Waals surface area contributed by atoms with E-state index in [4.69, 9.17) is 0 Å². The first-order valence-corrected chi connectivity index (χ1v) is 8.58. The van der Waals surface area contributed by atoms with Gasteiger partial charge in [0.15, 0.2) is 0 Å².